The highest BCUT2D eigenvalue weighted by Crippen LogP contribution is 2.17. The van der Waals surface area contributed by atoms with E-state index in [0.29, 0.717) is 10.6 Å². The smallest absolute Gasteiger partial charge is 0.349 e. The molecule has 110 valence electrons. The van der Waals surface area contributed by atoms with Gasteiger partial charge in [0.05, 0.1) is 0 Å². The second kappa shape index (κ2) is 6.49. The predicted octanol–water partition coefficient (Wildman–Crippen LogP) is 3.30. The second-order valence-electron chi connectivity index (χ2n) is 4.52. The number of aryl methyl sites for hydroxylation is 2. The Morgan fingerprint density at radius 3 is 2.67 bits per heavy atom. The quantitative estimate of drug-likeness (QED) is 0.882. The first-order valence-electron chi connectivity index (χ1n) is 6.24. The Labute approximate surface area is 125 Å². The molecule has 0 unspecified atom stereocenters. The van der Waals surface area contributed by atoms with Crippen molar-refractivity contribution in [1.29, 1.82) is 0 Å². The molecule has 0 bridgehead atoms. The molecule has 0 spiro atoms. The molecule has 6 heteroatoms. The number of carbonyl (C=O) groups is 2. The van der Waals surface area contributed by atoms with E-state index in [1.165, 1.54) is 23.5 Å². The number of benzene rings is 1. The Morgan fingerprint density at radius 1 is 1.24 bits per heavy atom. The summed E-state index contributed by atoms with van der Waals surface area (Å²) in [6.07, 6.45) is 0. The summed E-state index contributed by atoms with van der Waals surface area (Å²) in [7, 11) is 0. The number of anilines is 1. The highest BCUT2D eigenvalue weighted by atomic mass is 32.1. The van der Waals surface area contributed by atoms with Crippen molar-refractivity contribution in [2.75, 3.05) is 11.9 Å². The number of rotatable bonds is 4. The maximum Gasteiger partial charge on any atom is 0.349 e. The molecular weight excluding hydrogens is 293 g/mol. The molecule has 1 N–H and O–H groups in total. The minimum atomic E-state index is -0.534. The monoisotopic (exact) mass is 307 g/mol. The van der Waals surface area contributed by atoms with E-state index in [9.17, 15) is 14.0 Å². The fourth-order valence-electron chi connectivity index (χ4n) is 1.69. The van der Waals surface area contributed by atoms with Crippen molar-refractivity contribution in [2.24, 2.45) is 0 Å². The zero-order valence-electron chi connectivity index (χ0n) is 11.6. The Kier molecular flexibility index (Phi) is 4.70. The van der Waals surface area contributed by atoms with E-state index in [1.807, 2.05) is 0 Å². The summed E-state index contributed by atoms with van der Waals surface area (Å²) < 4.78 is 18.0. The number of carbonyl (C=O) groups excluding carboxylic acids is 2. The summed E-state index contributed by atoms with van der Waals surface area (Å²) in [5.41, 5.74) is 1.90. The van der Waals surface area contributed by atoms with Gasteiger partial charge in [0.25, 0.3) is 5.91 Å². The average Bonchev–Trinajstić information content (AvgIpc) is 2.86. The SMILES string of the molecule is Cc1ccc(F)cc1NC(=O)COC(=O)c1sccc1C. The van der Waals surface area contributed by atoms with E-state index in [-0.39, 0.29) is 0 Å². The zero-order valence-corrected chi connectivity index (χ0v) is 12.4. The van der Waals surface area contributed by atoms with Crippen LogP contribution in [0.15, 0.2) is 29.6 Å². The minimum absolute atomic E-state index is 0.364. The lowest BCUT2D eigenvalue weighted by molar-refractivity contribution is -0.119. The summed E-state index contributed by atoms with van der Waals surface area (Å²) >= 11 is 1.26. The molecule has 0 fully saturated rings. The van der Waals surface area contributed by atoms with Crippen molar-refractivity contribution in [3.63, 3.8) is 0 Å². The number of esters is 1. The van der Waals surface area contributed by atoms with Crippen LogP contribution >= 0.6 is 11.3 Å². The van der Waals surface area contributed by atoms with Crippen LogP contribution in [0.5, 0.6) is 0 Å². The van der Waals surface area contributed by atoms with Gasteiger partial charge in [-0.2, -0.15) is 0 Å². The second-order valence-corrected chi connectivity index (χ2v) is 5.43. The normalized spacial score (nSPS) is 10.2. The van der Waals surface area contributed by atoms with Gasteiger partial charge in [-0.25, -0.2) is 9.18 Å². The van der Waals surface area contributed by atoms with Crippen LogP contribution in [0.1, 0.15) is 20.8 Å². The number of thiophene rings is 1. The van der Waals surface area contributed by atoms with E-state index in [0.717, 1.165) is 11.1 Å². The molecule has 4 nitrogen and oxygen atoms in total. The molecule has 0 saturated heterocycles. The molecule has 1 aromatic carbocycles. The van der Waals surface area contributed by atoms with E-state index in [1.54, 1.807) is 31.4 Å². The van der Waals surface area contributed by atoms with Gasteiger partial charge < -0.3 is 10.1 Å². The van der Waals surface area contributed by atoms with Crippen molar-refractivity contribution < 1.29 is 18.7 Å². The lowest BCUT2D eigenvalue weighted by Gasteiger charge is -2.09. The molecule has 1 aromatic heterocycles. The van der Waals surface area contributed by atoms with Crippen LogP contribution < -0.4 is 5.32 Å². The topological polar surface area (TPSA) is 55.4 Å². The molecule has 2 aromatic rings. The van der Waals surface area contributed by atoms with Gasteiger partial charge in [0, 0.05) is 5.69 Å². The molecule has 0 aliphatic carbocycles. The maximum absolute atomic E-state index is 13.1. The molecule has 2 rings (SSSR count). The summed E-state index contributed by atoms with van der Waals surface area (Å²) in [5, 5.41) is 4.29. The fraction of sp³-hybridized carbons (Fsp3) is 0.200. The van der Waals surface area contributed by atoms with E-state index < -0.39 is 24.3 Å². The average molecular weight is 307 g/mol. The van der Waals surface area contributed by atoms with E-state index in [2.05, 4.69) is 5.32 Å². The van der Waals surface area contributed by atoms with Gasteiger partial charge in [-0.3, -0.25) is 4.79 Å². The highest BCUT2D eigenvalue weighted by Gasteiger charge is 2.14. The van der Waals surface area contributed by atoms with Gasteiger partial charge in [0.1, 0.15) is 10.7 Å². The largest absolute Gasteiger partial charge is 0.451 e. The van der Waals surface area contributed by atoms with Gasteiger partial charge in [-0.05, 0) is 48.6 Å². The zero-order chi connectivity index (χ0) is 15.4. The first kappa shape index (κ1) is 15.2. The number of hydrogen-bond donors (Lipinski definition) is 1. The number of halogens is 1. The Hall–Kier alpha value is -2.21. The third-order valence-electron chi connectivity index (χ3n) is 2.86. The van der Waals surface area contributed by atoms with Crippen molar-refractivity contribution in [1.82, 2.24) is 0 Å². The number of ether oxygens (including phenoxy) is 1. The fourth-order valence-corrected chi connectivity index (χ4v) is 2.51. The number of hydrogen-bond acceptors (Lipinski definition) is 4. The molecular formula is C15H14FNO3S. The van der Waals surface area contributed by atoms with Crippen LogP contribution in [-0.2, 0) is 9.53 Å². The van der Waals surface area contributed by atoms with E-state index in [4.69, 9.17) is 4.74 Å². The third kappa shape index (κ3) is 3.88. The lowest BCUT2D eigenvalue weighted by atomic mass is 10.2. The standard InChI is InChI=1S/C15H14FNO3S/c1-9-3-4-11(16)7-12(9)17-13(18)8-20-15(19)14-10(2)5-6-21-14/h3-7H,8H2,1-2H3,(H,17,18). The molecule has 0 saturated carbocycles. The van der Waals surface area contributed by atoms with Crippen molar-refractivity contribution >= 4 is 28.9 Å². The third-order valence-corrected chi connectivity index (χ3v) is 3.85. The Balaban J connectivity index is 1.92. The molecule has 0 aliphatic rings. The van der Waals surface area contributed by atoms with Gasteiger partial charge >= 0.3 is 5.97 Å². The number of amides is 1. The summed E-state index contributed by atoms with van der Waals surface area (Å²) in [4.78, 5) is 24.0. The van der Waals surface area contributed by atoms with Crippen LogP contribution in [-0.4, -0.2) is 18.5 Å². The van der Waals surface area contributed by atoms with Gasteiger partial charge in [-0.15, -0.1) is 11.3 Å². The van der Waals surface area contributed by atoms with Crippen LogP contribution in [0, 0.1) is 19.7 Å². The van der Waals surface area contributed by atoms with Gasteiger partial charge in [0.15, 0.2) is 6.61 Å². The Bertz CT molecular complexity index is 681. The molecule has 21 heavy (non-hydrogen) atoms. The molecule has 0 aliphatic heterocycles. The van der Waals surface area contributed by atoms with Crippen molar-refractivity contribution in [3.05, 3.63) is 51.5 Å². The lowest BCUT2D eigenvalue weighted by Crippen LogP contribution is -2.21. The summed E-state index contributed by atoms with van der Waals surface area (Å²) in [6.45, 7) is 3.13. The van der Waals surface area contributed by atoms with Crippen LogP contribution in [0.25, 0.3) is 0 Å². The molecule has 0 radical (unpaired) electrons. The van der Waals surface area contributed by atoms with Gasteiger partial charge in [0.2, 0.25) is 0 Å². The maximum atomic E-state index is 13.1. The predicted molar refractivity (Wildman–Crippen MR) is 79.1 cm³/mol. The van der Waals surface area contributed by atoms with Crippen molar-refractivity contribution in [2.45, 2.75) is 13.8 Å². The minimum Gasteiger partial charge on any atom is -0.451 e. The van der Waals surface area contributed by atoms with Crippen LogP contribution in [0.2, 0.25) is 0 Å². The van der Waals surface area contributed by atoms with Crippen molar-refractivity contribution in [3.8, 4) is 0 Å². The molecule has 0 atom stereocenters. The first-order chi connectivity index (χ1) is 9.97. The summed E-state index contributed by atoms with van der Waals surface area (Å²) in [5.74, 6) is -1.48. The molecule has 1 amide bonds. The van der Waals surface area contributed by atoms with E-state index >= 15 is 0 Å². The molecule has 1 heterocycles. The first-order valence-corrected chi connectivity index (χ1v) is 7.12. The van der Waals surface area contributed by atoms with Crippen LogP contribution in [0.4, 0.5) is 10.1 Å². The summed E-state index contributed by atoms with van der Waals surface area (Å²) in [6, 6.07) is 5.90. The van der Waals surface area contributed by atoms with Crippen LogP contribution in [0.3, 0.4) is 0 Å². The Morgan fingerprint density at radius 2 is 2.00 bits per heavy atom. The van der Waals surface area contributed by atoms with Gasteiger partial charge in [-0.1, -0.05) is 6.07 Å². The number of nitrogens with one attached hydrogen (secondary N) is 1. The highest BCUT2D eigenvalue weighted by molar-refractivity contribution is 7.12.